The van der Waals surface area contributed by atoms with E-state index in [1.807, 2.05) is 6.20 Å². The molecule has 5 rings (SSSR count). The van der Waals surface area contributed by atoms with Gasteiger partial charge in [0.05, 0.1) is 0 Å². The average molecular weight is 271 g/mol. The third-order valence-corrected chi connectivity index (χ3v) is 6.01. The van der Waals surface area contributed by atoms with Crippen molar-refractivity contribution in [1.29, 1.82) is 0 Å². The van der Waals surface area contributed by atoms with E-state index < -0.39 is 0 Å². The Morgan fingerprint density at radius 2 is 1.75 bits per heavy atom. The molecule has 3 heteroatoms. The second-order valence-electron chi connectivity index (χ2n) is 7.54. The zero-order valence-electron chi connectivity index (χ0n) is 12.4. The number of aromatic nitrogens is 2. The number of hydrogen-bond acceptors (Lipinski definition) is 3. The van der Waals surface area contributed by atoms with Gasteiger partial charge in [-0.2, -0.15) is 0 Å². The Morgan fingerprint density at radius 1 is 1.15 bits per heavy atom. The maximum Gasteiger partial charge on any atom is 0.134 e. The van der Waals surface area contributed by atoms with Gasteiger partial charge in [-0.3, -0.25) is 0 Å². The summed E-state index contributed by atoms with van der Waals surface area (Å²) >= 11 is 0. The van der Waals surface area contributed by atoms with Crippen LogP contribution in [0, 0.1) is 24.7 Å². The fourth-order valence-corrected chi connectivity index (χ4v) is 5.53. The van der Waals surface area contributed by atoms with Crippen LogP contribution in [0.15, 0.2) is 6.20 Å². The summed E-state index contributed by atoms with van der Waals surface area (Å²) in [4.78, 5) is 9.70. The first-order valence-electron chi connectivity index (χ1n) is 8.21. The zero-order valence-corrected chi connectivity index (χ0v) is 12.4. The van der Waals surface area contributed by atoms with Crippen LogP contribution in [0.25, 0.3) is 0 Å². The van der Waals surface area contributed by atoms with Crippen molar-refractivity contribution >= 4 is 0 Å². The van der Waals surface area contributed by atoms with Gasteiger partial charge >= 0.3 is 0 Å². The van der Waals surface area contributed by atoms with Crippen molar-refractivity contribution in [1.82, 2.24) is 9.97 Å². The third kappa shape index (κ3) is 1.90. The Balaban J connectivity index is 1.68. The van der Waals surface area contributed by atoms with Gasteiger partial charge in [0.2, 0.25) is 0 Å². The molecule has 0 saturated heterocycles. The Morgan fingerprint density at radius 3 is 2.25 bits per heavy atom. The van der Waals surface area contributed by atoms with E-state index in [1.165, 1.54) is 44.1 Å². The van der Waals surface area contributed by atoms with Gasteiger partial charge in [-0.1, -0.05) is 0 Å². The second kappa shape index (κ2) is 4.52. The molecule has 0 amide bonds. The molecule has 0 atom stereocenters. The van der Waals surface area contributed by atoms with Crippen molar-refractivity contribution in [2.45, 2.75) is 57.3 Å². The molecule has 1 heterocycles. The molecule has 0 aromatic carbocycles. The first kappa shape index (κ1) is 12.8. The Hall–Kier alpha value is -0.960. The topological polar surface area (TPSA) is 51.8 Å². The highest BCUT2D eigenvalue weighted by Gasteiger charge is 2.53. The molecular formula is C17H25N3. The third-order valence-electron chi connectivity index (χ3n) is 6.01. The molecule has 4 bridgehead atoms. The monoisotopic (exact) mass is 271 g/mol. The van der Waals surface area contributed by atoms with E-state index in [0.29, 0.717) is 12.0 Å². The summed E-state index contributed by atoms with van der Waals surface area (Å²) in [5, 5.41) is 0. The van der Waals surface area contributed by atoms with Crippen LogP contribution in [0.4, 0.5) is 0 Å². The summed E-state index contributed by atoms with van der Waals surface area (Å²) in [6.07, 6.45) is 11.4. The van der Waals surface area contributed by atoms with Crippen molar-refractivity contribution < 1.29 is 0 Å². The predicted molar refractivity (Wildman–Crippen MR) is 79.4 cm³/mol. The van der Waals surface area contributed by atoms with Gasteiger partial charge in [0.15, 0.2) is 0 Å². The molecule has 4 saturated carbocycles. The summed E-state index contributed by atoms with van der Waals surface area (Å²) in [5.41, 5.74) is 8.35. The lowest BCUT2D eigenvalue weighted by atomic mass is 9.49. The maximum atomic E-state index is 5.66. The highest BCUT2D eigenvalue weighted by Crippen LogP contribution is 2.60. The SMILES string of the molecule is Cc1nc(C23CC4CC(CC(C4)C2)C3)ncc1CCN. The van der Waals surface area contributed by atoms with Crippen LogP contribution in [0.5, 0.6) is 0 Å². The van der Waals surface area contributed by atoms with Gasteiger partial charge in [0.25, 0.3) is 0 Å². The molecule has 0 unspecified atom stereocenters. The van der Waals surface area contributed by atoms with E-state index in [9.17, 15) is 0 Å². The highest BCUT2D eigenvalue weighted by molar-refractivity contribution is 5.23. The first-order chi connectivity index (χ1) is 9.68. The van der Waals surface area contributed by atoms with Crippen LogP contribution in [0.1, 0.15) is 55.6 Å². The maximum absolute atomic E-state index is 5.66. The Kier molecular flexibility index (Phi) is 2.88. The molecule has 0 radical (unpaired) electrons. The quantitative estimate of drug-likeness (QED) is 0.919. The number of rotatable bonds is 3. The molecule has 3 nitrogen and oxygen atoms in total. The van der Waals surface area contributed by atoms with Gasteiger partial charge in [-0.05, 0) is 81.7 Å². The molecule has 0 aliphatic heterocycles. The van der Waals surface area contributed by atoms with Crippen LogP contribution < -0.4 is 5.73 Å². The lowest BCUT2D eigenvalue weighted by molar-refractivity contribution is -0.00949. The summed E-state index contributed by atoms with van der Waals surface area (Å²) in [6.45, 7) is 2.80. The molecule has 4 aliphatic carbocycles. The van der Waals surface area contributed by atoms with Crippen LogP contribution in [0.3, 0.4) is 0 Å². The minimum Gasteiger partial charge on any atom is -0.330 e. The Bertz CT molecular complexity index is 488. The molecule has 0 spiro atoms. The van der Waals surface area contributed by atoms with Gasteiger partial charge in [0.1, 0.15) is 5.82 Å². The summed E-state index contributed by atoms with van der Waals surface area (Å²) < 4.78 is 0. The minimum absolute atomic E-state index is 0.320. The van der Waals surface area contributed by atoms with Crippen LogP contribution in [-0.4, -0.2) is 16.5 Å². The smallest absolute Gasteiger partial charge is 0.134 e. The lowest BCUT2D eigenvalue weighted by Gasteiger charge is -2.56. The molecule has 4 fully saturated rings. The Labute approximate surface area is 121 Å². The molecule has 4 aliphatic rings. The van der Waals surface area contributed by atoms with Gasteiger partial charge in [0, 0.05) is 17.3 Å². The predicted octanol–water partition coefficient (Wildman–Crippen LogP) is 2.75. The van der Waals surface area contributed by atoms with E-state index >= 15 is 0 Å². The molecule has 2 N–H and O–H groups in total. The molecule has 1 aromatic rings. The van der Waals surface area contributed by atoms with E-state index in [4.69, 9.17) is 15.7 Å². The fourth-order valence-electron chi connectivity index (χ4n) is 5.53. The summed E-state index contributed by atoms with van der Waals surface area (Å²) in [7, 11) is 0. The minimum atomic E-state index is 0.320. The number of nitrogens with two attached hydrogens (primary N) is 1. The normalized spacial score (nSPS) is 38.4. The van der Waals surface area contributed by atoms with Gasteiger partial charge < -0.3 is 5.73 Å². The summed E-state index contributed by atoms with van der Waals surface area (Å²) in [5.74, 6) is 4.01. The number of hydrogen-bond donors (Lipinski definition) is 1. The average Bonchev–Trinajstić information content (AvgIpc) is 2.39. The van der Waals surface area contributed by atoms with Crippen molar-refractivity contribution in [3.63, 3.8) is 0 Å². The molecule has 1 aromatic heterocycles. The van der Waals surface area contributed by atoms with Gasteiger partial charge in [-0.25, -0.2) is 9.97 Å². The van der Waals surface area contributed by atoms with E-state index in [-0.39, 0.29) is 0 Å². The number of nitrogens with zero attached hydrogens (tertiary/aromatic N) is 2. The lowest BCUT2D eigenvalue weighted by Crippen LogP contribution is -2.49. The zero-order chi connectivity index (χ0) is 13.7. The second-order valence-corrected chi connectivity index (χ2v) is 7.54. The van der Waals surface area contributed by atoms with E-state index in [1.54, 1.807) is 0 Å². The van der Waals surface area contributed by atoms with E-state index in [0.717, 1.165) is 35.7 Å². The first-order valence-corrected chi connectivity index (χ1v) is 8.21. The van der Waals surface area contributed by atoms with Crippen molar-refractivity contribution in [2.24, 2.45) is 23.5 Å². The fraction of sp³-hybridized carbons (Fsp3) is 0.765. The summed E-state index contributed by atoms with van der Waals surface area (Å²) in [6, 6.07) is 0. The van der Waals surface area contributed by atoms with Crippen molar-refractivity contribution in [2.75, 3.05) is 6.54 Å². The highest BCUT2D eigenvalue weighted by atomic mass is 14.9. The molecular weight excluding hydrogens is 246 g/mol. The van der Waals surface area contributed by atoms with E-state index in [2.05, 4.69) is 6.92 Å². The molecule has 20 heavy (non-hydrogen) atoms. The van der Waals surface area contributed by atoms with Crippen LogP contribution in [-0.2, 0) is 11.8 Å². The van der Waals surface area contributed by atoms with Crippen molar-refractivity contribution in [3.8, 4) is 0 Å². The molecule has 108 valence electrons. The number of aryl methyl sites for hydroxylation is 1. The van der Waals surface area contributed by atoms with Crippen LogP contribution in [0.2, 0.25) is 0 Å². The largest absolute Gasteiger partial charge is 0.330 e. The standard InChI is InChI=1S/C17H25N3/c1-11-15(2-3-18)10-19-16(20-11)17-7-12-4-13(8-17)6-14(5-12)9-17/h10,12-14H,2-9,18H2,1H3. The van der Waals surface area contributed by atoms with Crippen LogP contribution >= 0.6 is 0 Å². The van der Waals surface area contributed by atoms with Gasteiger partial charge in [-0.15, -0.1) is 0 Å². The van der Waals surface area contributed by atoms with Crippen molar-refractivity contribution in [3.05, 3.63) is 23.3 Å².